The maximum Gasteiger partial charge on any atom is 0.271 e. The van der Waals surface area contributed by atoms with Crippen LogP contribution in [0.25, 0.3) is 10.8 Å². The summed E-state index contributed by atoms with van der Waals surface area (Å²) in [7, 11) is -3.66. The highest BCUT2D eigenvalue weighted by Gasteiger charge is 2.35. The Morgan fingerprint density at radius 2 is 1.57 bits per heavy atom. The summed E-state index contributed by atoms with van der Waals surface area (Å²) >= 11 is 0. The highest BCUT2D eigenvalue weighted by atomic mass is 32.2. The largest absolute Gasteiger partial charge is 0.489 e. The van der Waals surface area contributed by atoms with Crippen molar-refractivity contribution in [1.82, 2.24) is 5.43 Å². The van der Waals surface area contributed by atoms with Crippen molar-refractivity contribution < 1.29 is 17.9 Å². The lowest BCUT2D eigenvalue weighted by Crippen LogP contribution is -2.26. The van der Waals surface area contributed by atoms with Crippen LogP contribution in [0.3, 0.4) is 0 Å². The Labute approximate surface area is 232 Å². The molecule has 5 aromatic rings. The molecule has 1 amide bonds. The van der Waals surface area contributed by atoms with E-state index in [1.54, 1.807) is 42.6 Å². The highest BCUT2D eigenvalue weighted by Crippen LogP contribution is 2.42. The molecule has 5 aromatic carbocycles. The number of rotatable bonds is 8. The molecule has 0 aliphatic carbocycles. The summed E-state index contributed by atoms with van der Waals surface area (Å²) in [5, 5.41) is 5.71. The molecule has 0 bridgehead atoms. The average molecular weight is 548 g/mol. The third-order valence-corrected chi connectivity index (χ3v) is 8.51. The van der Waals surface area contributed by atoms with E-state index in [1.165, 1.54) is 4.31 Å². The molecule has 1 heterocycles. The number of carbonyl (C=O) groups is 1. The van der Waals surface area contributed by atoms with Gasteiger partial charge in [-0.3, -0.25) is 9.10 Å². The molecule has 8 heteroatoms. The summed E-state index contributed by atoms with van der Waals surface area (Å²) < 4.78 is 33.7. The monoisotopic (exact) mass is 547 g/mol. The van der Waals surface area contributed by atoms with Gasteiger partial charge in [-0.25, -0.2) is 13.8 Å². The standard InChI is InChI=1S/C32H25N3O4S/c36-32(34-33-20-25-9-4-12-28(19-25)39-22-24-7-2-1-3-8-24)27-17-15-23(16-18-27)21-35-29-13-5-10-26-11-6-14-30(31(26)29)40(35,37)38/h1-20H,21-22H2,(H,34,36). The van der Waals surface area contributed by atoms with E-state index in [0.29, 0.717) is 28.5 Å². The predicted molar refractivity (Wildman–Crippen MR) is 156 cm³/mol. The first kappa shape index (κ1) is 25.3. The lowest BCUT2D eigenvalue weighted by atomic mass is 10.1. The summed E-state index contributed by atoms with van der Waals surface area (Å²) in [5.74, 6) is 0.333. The second kappa shape index (κ2) is 10.7. The summed E-state index contributed by atoms with van der Waals surface area (Å²) in [4.78, 5) is 13.0. The Bertz CT molecular complexity index is 1830. The van der Waals surface area contributed by atoms with Gasteiger partial charge in [0.2, 0.25) is 0 Å². The van der Waals surface area contributed by atoms with E-state index >= 15 is 0 Å². The van der Waals surface area contributed by atoms with E-state index in [1.807, 2.05) is 78.9 Å². The van der Waals surface area contributed by atoms with Crippen molar-refractivity contribution in [2.45, 2.75) is 18.0 Å². The molecule has 1 aliphatic rings. The van der Waals surface area contributed by atoms with Crippen molar-refractivity contribution >= 4 is 38.6 Å². The number of hydrogen-bond donors (Lipinski definition) is 1. The number of benzene rings is 5. The van der Waals surface area contributed by atoms with E-state index in [2.05, 4.69) is 10.5 Å². The van der Waals surface area contributed by atoms with Crippen LogP contribution in [0.5, 0.6) is 5.75 Å². The fourth-order valence-corrected chi connectivity index (χ4v) is 6.41. The molecule has 0 spiro atoms. The van der Waals surface area contributed by atoms with Crippen LogP contribution in [0.4, 0.5) is 5.69 Å². The summed E-state index contributed by atoms with van der Waals surface area (Å²) in [6.45, 7) is 0.624. The zero-order valence-electron chi connectivity index (χ0n) is 21.4. The Balaban J connectivity index is 1.08. The lowest BCUT2D eigenvalue weighted by molar-refractivity contribution is 0.0955. The first-order valence-corrected chi connectivity index (χ1v) is 14.2. The van der Waals surface area contributed by atoms with Gasteiger partial charge in [0.25, 0.3) is 15.9 Å². The van der Waals surface area contributed by atoms with Crippen molar-refractivity contribution in [1.29, 1.82) is 0 Å². The fourth-order valence-electron chi connectivity index (χ4n) is 4.71. The first-order valence-electron chi connectivity index (χ1n) is 12.7. The summed E-state index contributed by atoms with van der Waals surface area (Å²) in [6.07, 6.45) is 1.55. The maximum absolute atomic E-state index is 13.2. The minimum absolute atomic E-state index is 0.166. The van der Waals surface area contributed by atoms with Gasteiger partial charge in [-0.15, -0.1) is 0 Å². The van der Waals surface area contributed by atoms with Gasteiger partial charge in [-0.05, 0) is 58.5 Å². The van der Waals surface area contributed by atoms with Gasteiger partial charge < -0.3 is 4.74 Å². The predicted octanol–water partition coefficient (Wildman–Crippen LogP) is 5.89. The molecular weight excluding hydrogens is 522 g/mol. The second-order valence-electron chi connectivity index (χ2n) is 9.39. The molecule has 1 N–H and O–H groups in total. The van der Waals surface area contributed by atoms with Gasteiger partial charge in [0, 0.05) is 10.9 Å². The summed E-state index contributed by atoms with van der Waals surface area (Å²) in [6, 6.07) is 35.1. The number of amides is 1. The SMILES string of the molecule is O=C(NN=Cc1cccc(OCc2ccccc2)c1)c1ccc(CN2c3cccc4cccc(c34)S2(=O)=O)cc1. The maximum atomic E-state index is 13.2. The van der Waals surface area contributed by atoms with Crippen molar-refractivity contribution in [2.75, 3.05) is 4.31 Å². The van der Waals surface area contributed by atoms with E-state index in [0.717, 1.165) is 27.5 Å². The Hall–Kier alpha value is -4.95. The molecule has 0 aromatic heterocycles. The van der Waals surface area contributed by atoms with Crippen LogP contribution in [-0.4, -0.2) is 20.5 Å². The number of sulfonamides is 1. The highest BCUT2D eigenvalue weighted by molar-refractivity contribution is 7.93. The summed E-state index contributed by atoms with van der Waals surface area (Å²) in [5.41, 5.74) is 6.24. The lowest BCUT2D eigenvalue weighted by Gasteiger charge is -2.19. The third kappa shape index (κ3) is 5.04. The van der Waals surface area contributed by atoms with E-state index < -0.39 is 10.0 Å². The minimum atomic E-state index is -3.66. The number of hydrogen-bond acceptors (Lipinski definition) is 5. The molecular formula is C32H25N3O4S. The van der Waals surface area contributed by atoms with Crippen LogP contribution in [0, 0.1) is 0 Å². The molecule has 1 aliphatic heterocycles. The van der Waals surface area contributed by atoms with Crippen molar-refractivity contribution in [3.8, 4) is 5.75 Å². The number of anilines is 1. The van der Waals surface area contributed by atoms with Crippen molar-refractivity contribution in [2.24, 2.45) is 5.10 Å². The average Bonchev–Trinajstić information content (AvgIpc) is 3.20. The molecule has 0 radical (unpaired) electrons. The second-order valence-corrected chi connectivity index (χ2v) is 11.2. The normalized spacial score (nSPS) is 13.6. The number of carbonyl (C=O) groups excluding carboxylic acids is 1. The molecule has 6 rings (SSSR count). The molecule has 0 saturated heterocycles. The molecule has 0 unspecified atom stereocenters. The van der Waals surface area contributed by atoms with Crippen LogP contribution in [0.1, 0.15) is 27.0 Å². The molecule has 0 atom stereocenters. The minimum Gasteiger partial charge on any atom is -0.489 e. The van der Waals surface area contributed by atoms with Gasteiger partial charge >= 0.3 is 0 Å². The zero-order chi connectivity index (χ0) is 27.5. The molecule has 198 valence electrons. The quantitative estimate of drug-likeness (QED) is 0.194. The molecule has 0 saturated carbocycles. The smallest absolute Gasteiger partial charge is 0.271 e. The van der Waals surface area contributed by atoms with E-state index in [9.17, 15) is 13.2 Å². The van der Waals surface area contributed by atoms with Gasteiger partial charge in [-0.1, -0.05) is 78.9 Å². The van der Waals surface area contributed by atoms with Gasteiger partial charge in [0.1, 0.15) is 12.4 Å². The Kier molecular flexibility index (Phi) is 6.76. The number of nitrogens with one attached hydrogen (secondary N) is 1. The first-order chi connectivity index (χ1) is 19.5. The topological polar surface area (TPSA) is 88.1 Å². The molecule has 7 nitrogen and oxygen atoms in total. The zero-order valence-corrected chi connectivity index (χ0v) is 22.2. The number of hydrazone groups is 1. The molecule has 0 fully saturated rings. The van der Waals surface area contributed by atoms with Crippen LogP contribution in [0.2, 0.25) is 0 Å². The van der Waals surface area contributed by atoms with Crippen LogP contribution < -0.4 is 14.5 Å². The van der Waals surface area contributed by atoms with E-state index in [4.69, 9.17) is 4.74 Å². The Morgan fingerprint density at radius 3 is 2.38 bits per heavy atom. The fraction of sp³-hybridized carbons (Fsp3) is 0.0625. The Morgan fingerprint density at radius 1 is 0.825 bits per heavy atom. The van der Waals surface area contributed by atoms with Crippen molar-refractivity contribution in [3.05, 3.63) is 138 Å². The van der Waals surface area contributed by atoms with Crippen LogP contribution in [0.15, 0.2) is 125 Å². The van der Waals surface area contributed by atoms with Crippen LogP contribution in [-0.2, 0) is 23.2 Å². The van der Waals surface area contributed by atoms with E-state index in [-0.39, 0.29) is 12.5 Å². The number of nitrogens with zero attached hydrogens (tertiary/aromatic N) is 2. The number of ether oxygens (including phenoxy) is 1. The third-order valence-electron chi connectivity index (χ3n) is 6.71. The van der Waals surface area contributed by atoms with Gasteiger partial charge in [0.15, 0.2) is 0 Å². The molecule has 40 heavy (non-hydrogen) atoms. The van der Waals surface area contributed by atoms with Gasteiger partial charge in [-0.2, -0.15) is 5.10 Å². The van der Waals surface area contributed by atoms with Gasteiger partial charge in [0.05, 0.1) is 23.3 Å². The van der Waals surface area contributed by atoms with Crippen LogP contribution >= 0.6 is 0 Å². The van der Waals surface area contributed by atoms with Crippen molar-refractivity contribution in [3.63, 3.8) is 0 Å².